The van der Waals surface area contributed by atoms with E-state index in [4.69, 9.17) is 0 Å². The fourth-order valence-corrected chi connectivity index (χ4v) is 3.14. The molecule has 0 spiro atoms. The molecule has 148 valence electrons. The zero-order valence-electron chi connectivity index (χ0n) is 16.0. The number of benzene rings is 1. The van der Waals surface area contributed by atoms with Gasteiger partial charge in [0.25, 0.3) is 0 Å². The quantitative estimate of drug-likeness (QED) is 0.375. The van der Waals surface area contributed by atoms with Crippen LogP contribution < -0.4 is 10.2 Å². The fourth-order valence-electron chi connectivity index (χ4n) is 3.14. The van der Waals surface area contributed by atoms with Crippen LogP contribution in [0.5, 0.6) is 0 Å². The summed E-state index contributed by atoms with van der Waals surface area (Å²) in [6, 6.07) is 5.38. The summed E-state index contributed by atoms with van der Waals surface area (Å²) in [6.07, 6.45) is 1.32. The molecule has 7 heteroatoms. The Morgan fingerprint density at radius 2 is 1.92 bits per heavy atom. The maximum Gasteiger partial charge on any atom is 0.194 e. The summed E-state index contributed by atoms with van der Waals surface area (Å²) in [5.74, 6) is 0.644. The molecule has 0 amide bonds. The minimum Gasteiger partial charge on any atom is -0.393 e. The number of rotatable bonds is 6. The van der Waals surface area contributed by atoms with Crippen LogP contribution in [0.2, 0.25) is 0 Å². The van der Waals surface area contributed by atoms with Crippen molar-refractivity contribution < 1.29 is 9.50 Å². The lowest BCUT2D eigenvalue weighted by Gasteiger charge is -2.32. The Morgan fingerprint density at radius 3 is 2.46 bits per heavy atom. The van der Waals surface area contributed by atoms with Crippen LogP contribution in [0.3, 0.4) is 0 Å². The number of guanidine groups is 1. The average molecular weight is 478 g/mol. The van der Waals surface area contributed by atoms with Gasteiger partial charge >= 0.3 is 0 Å². The Bertz CT molecular complexity index is 573. The molecule has 1 fully saturated rings. The largest absolute Gasteiger partial charge is 0.393 e. The third kappa shape index (κ3) is 6.26. The predicted octanol–water partition coefficient (Wildman–Crippen LogP) is 3.21. The summed E-state index contributed by atoms with van der Waals surface area (Å²) in [7, 11) is 0. The van der Waals surface area contributed by atoms with Crippen molar-refractivity contribution in [1.29, 1.82) is 0 Å². The Morgan fingerprint density at radius 1 is 1.27 bits per heavy atom. The highest BCUT2D eigenvalue weighted by Crippen LogP contribution is 2.21. The molecule has 0 saturated carbocycles. The molecule has 5 nitrogen and oxygen atoms in total. The van der Waals surface area contributed by atoms with Crippen molar-refractivity contribution in [2.24, 2.45) is 4.99 Å². The maximum atomic E-state index is 14.4. The number of piperidine rings is 1. The van der Waals surface area contributed by atoms with Crippen LogP contribution in [0.15, 0.2) is 23.2 Å². The number of aliphatic hydroxyl groups is 1. The molecule has 1 saturated heterocycles. The SMILES string of the molecule is CCNC(=NCc1ccc(N(CC)CC)c(F)c1)N1CCC(O)CC1.I. The molecular formula is C19H32FIN4O. The van der Waals surface area contributed by atoms with E-state index in [9.17, 15) is 9.50 Å². The highest BCUT2D eigenvalue weighted by Gasteiger charge is 2.19. The van der Waals surface area contributed by atoms with Crippen LogP contribution in [0, 0.1) is 5.82 Å². The van der Waals surface area contributed by atoms with Crippen LogP contribution in [0.25, 0.3) is 0 Å². The van der Waals surface area contributed by atoms with Gasteiger partial charge in [0.05, 0.1) is 18.3 Å². The van der Waals surface area contributed by atoms with Crippen molar-refractivity contribution in [1.82, 2.24) is 10.2 Å². The Balaban J connectivity index is 0.00000338. The first-order valence-corrected chi connectivity index (χ1v) is 9.33. The van der Waals surface area contributed by atoms with Crippen molar-refractivity contribution in [2.45, 2.75) is 46.3 Å². The van der Waals surface area contributed by atoms with Gasteiger partial charge < -0.3 is 20.2 Å². The molecule has 26 heavy (non-hydrogen) atoms. The van der Waals surface area contributed by atoms with Gasteiger partial charge in [0.1, 0.15) is 5.82 Å². The van der Waals surface area contributed by atoms with Crippen molar-refractivity contribution in [3.05, 3.63) is 29.6 Å². The number of anilines is 1. The topological polar surface area (TPSA) is 51.1 Å². The molecule has 1 aliphatic heterocycles. The first kappa shape index (κ1) is 23.0. The smallest absolute Gasteiger partial charge is 0.194 e. The van der Waals surface area contributed by atoms with Gasteiger partial charge in [-0.2, -0.15) is 0 Å². The first-order chi connectivity index (χ1) is 12.1. The summed E-state index contributed by atoms with van der Waals surface area (Å²) in [5.41, 5.74) is 1.51. The summed E-state index contributed by atoms with van der Waals surface area (Å²) in [4.78, 5) is 8.83. The summed E-state index contributed by atoms with van der Waals surface area (Å²) >= 11 is 0. The molecule has 1 heterocycles. The number of aliphatic imine (C=N–C) groups is 1. The van der Waals surface area contributed by atoms with E-state index in [0.717, 1.165) is 57.1 Å². The second-order valence-electron chi connectivity index (χ2n) is 6.35. The van der Waals surface area contributed by atoms with E-state index in [1.165, 1.54) is 0 Å². The van der Waals surface area contributed by atoms with Gasteiger partial charge in [-0.25, -0.2) is 9.38 Å². The van der Waals surface area contributed by atoms with Gasteiger partial charge in [0.15, 0.2) is 5.96 Å². The molecular weight excluding hydrogens is 446 g/mol. The standard InChI is InChI=1S/C19H31FN4O.HI/c1-4-21-19(24-11-9-16(25)10-12-24)22-14-15-7-8-18(17(20)13-15)23(5-2)6-3;/h7-8,13,16,25H,4-6,9-12,14H2,1-3H3,(H,21,22);1H. The van der Waals surface area contributed by atoms with Gasteiger partial charge in [-0.15, -0.1) is 24.0 Å². The lowest BCUT2D eigenvalue weighted by Crippen LogP contribution is -2.46. The molecule has 1 aliphatic rings. The number of hydrogen-bond acceptors (Lipinski definition) is 3. The number of aliphatic hydroxyl groups excluding tert-OH is 1. The molecule has 1 aromatic carbocycles. The van der Waals surface area contributed by atoms with E-state index >= 15 is 0 Å². The van der Waals surface area contributed by atoms with Crippen LogP contribution in [0.1, 0.15) is 39.2 Å². The Hall–Kier alpha value is -1.09. The monoisotopic (exact) mass is 478 g/mol. The van der Waals surface area contributed by atoms with Gasteiger partial charge in [0.2, 0.25) is 0 Å². The van der Waals surface area contributed by atoms with E-state index in [1.807, 2.05) is 37.8 Å². The second kappa shape index (κ2) is 11.6. The van der Waals surface area contributed by atoms with Crippen LogP contribution in [0.4, 0.5) is 10.1 Å². The normalized spacial score (nSPS) is 15.6. The lowest BCUT2D eigenvalue weighted by atomic mass is 10.1. The van der Waals surface area contributed by atoms with Gasteiger partial charge in [0, 0.05) is 32.7 Å². The Kier molecular flexibility index (Phi) is 10.2. The number of nitrogens with zero attached hydrogens (tertiary/aromatic N) is 3. The average Bonchev–Trinajstić information content (AvgIpc) is 2.62. The molecule has 0 bridgehead atoms. The van der Waals surface area contributed by atoms with E-state index < -0.39 is 0 Å². The molecule has 2 N–H and O–H groups in total. The number of hydrogen-bond donors (Lipinski definition) is 2. The minimum absolute atomic E-state index is 0. The number of likely N-dealkylation sites (tertiary alicyclic amines) is 1. The molecule has 0 aromatic heterocycles. The fraction of sp³-hybridized carbons (Fsp3) is 0.632. The van der Waals surface area contributed by atoms with E-state index in [0.29, 0.717) is 12.2 Å². The van der Waals surface area contributed by atoms with Gasteiger partial charge in [-0.3, -0.25) is 0 Å². The minimum atomic E-state index is -0.208. The molecule has 0 radical (unpaired) electrons. The van der Waals surface area contributed by atoms with Crippen molar-refractivity contribution in [3.8, 4) is 0 Å². The zero-order chi connectivity index (χ0) is 18.2. The predicted molar refractivity (Wildman–Crippen MR) is 117 cm³/mol. The molecule has 0 aliphatic carbocycles. The maximum absolute atomic E-state index is 14.4. The summed E-state index contributed by atoms with van der Waals surface area (Å²) in [6.45, 7) is 10.5. The van der Waals surface area contributed by atoms with E-state index in [2.05, 4.69) is 15.2 Å². The molecule has 0 unspecified atom stereocenters. The van der Waals surface area contributed by atoms with Crippen LogP contribution in [-0.4, -0.2) is 54.8 Å². The lowest BCUT2D eigenvalue weighted by molar-refractivity contribution is 0.108. The third-order valence-electron chi connectivity index (χ3n) is 4.63. The second-order valence-corrected chi connectivity index (χ2v) is 6.35. The summed E-state index contributed by atoms with van der Waals surface area (Å²) < 4.78 is 14.4. The number of nitrogens with one attached hydrogen (secondary N) is 1. The van der Waals surface area contributed by atoms with Crippen LogP contribution in [-0.2, 0) is 6.54 Å². The highest BCUT2D eigenvalue weighted by atomic mass is 127. The molecule has 1 aromatic rings. The zero-order valence-corrected chi connectivity index (χ0v) is 18.4. The van der Waals surface area contributed by atoms with Gasteiger partial charge in [-0.05, 0) is 51.3 Å². The third-order valence-corrected chi connectivity index (χ3v) is 4.63. The molecule has 0 atom stereocenters. The summed E-state index contributed by atoms with van der Waals surface area (Å²) in [5, 5.41) is 12.9. The van der Waals surface area contributed by atoms with Crippen molar-refractivity contribution >= 4 is 35.6 Å². The van der Waals surface area contributed by atoms with Crippen molar-refractivity contribution in [2.75, 3.05) is 37.6 Å². The van der Waals surface area contributed by atoms with Crippen LogP contribution >= 0.6 is 24.0 Å². The van der Waals surface area contributed by atoms with E-state index in [1.54, 1.807) is 6.07 Å². The van der Waals surface area contributed by atoms with Crippen molar-refractivity contribution in [3.63, 3.8) is 0 Å². The first-order valence-electron chi connectivity index (χ1n) is 9.33. The van der Waals surface area contributed by atoms with Gasteiger partial charge in [-0.1, -0.05) is 6.07 Å². The Labute approximate surface area is 173 Å². The molecule has 2 rings (SSSR count). The number of halogens is 2. The van der Waals surface area contributed by atoms with E-state index in [-0.39, 0.29) is 35.9 Å². The highest BCUT2D eigenvalue weighted by molar-refractivity contribution is 14.0.